The lowest BCUT2D eigenvalue weighted by atomic mass is 10.1. The van der Waals surface area contributed by atoms with Gasteiger partial charge in [0.05, 0.1) is 5.52 Å². The smallest absolute Gasteiger partial charge is 0.254 e. The van der Waals surface area contributed by atoms with E-state index < -0.39 is 0 Å². The van der Waals surface area contributed by atoms with Crippen molar-refractivity contribution in [3.63, 3.8) is 0 Å². The minimum absolute atomic E-state index is 0.0373. The van der Waals surface area contributed by atoms with Gasteiger partial charge in [-0.25, -0.2) is 0 Å². The summed E-state index contributed by atoms with van der Waals surface area (Å²) >= 11 is 0. The van der Waals surface area contributed by atoms with E-state index in [2.05, 4.69) is 26.7 Å². The minimum atomic E-state index is 0.0373. The SMILES string of the molecule is COCc1nnc2n1CCN(C(=O)c1ccc3ncccc3c1)C(C)C2. The number of hydrogen-bond donors (Lipinski definition) is 0. The number of carbonyl (C=O) groups excluding carboxylic acids is 1. The van der Waals surface area contributed by atoms with E-state index in [1.165, 1.54) is 0 Å². The van der Waals surface area contributed by atoms with Gasteiger partial charge in [-0.15, -0.1) is 10.2 Å². The van der Waals surface area contributed by atoms with E-state index in [0.717, 1.165) is 22.6 Å². The fraction of sp³-hybridized carbons (Fsp3) is 0.368. The summed E-state index contributed by atoms with van der Waals surface area (Å²) in [6, 6.07) is 9.58. The van der Waals surface area contributed by atoms with Gasteiger partial charge < -0.3 is 14.2 Å². The first-order valence-electron chi connectivity index (χ1n) is 8.73. The molecule has 1 aromatic carbocycles. The Morgan fingerprint density at radius 2 is 2.15 bits per heavy atom. The zero-order chi connectivity index (χ0) is 18.1. The maximum absolute atomic E-state index is 13.1. The van der Waals surface area contributed by atoms with E-state index in [1.807, 2.05) is 35.2 Å². The molecule has 0 fully saturated rings. The van der Waals surface area contributed by atoms with Gasteiger partial charge in [0.1, 0.15) is 12.4 Å². The molecule has 134 valence electrons. The van der Waals surface area contributed by atoms with E-state index in [4.69, 9.17) is 4.74 Å². The normalized spacial score (nSPS) is 17.2. The van der Waals surface area contributed by atoms with Crippen LogP contribution in [-0.2, 0) is 24.3 Å². The van der Waals surface area contributed by atoms with Gasteiger partial charge in [-0.3, -0.25) is 9.78 Å². The zero-order valence-corrected chi connectivity index (χ0v) is 14.9. The van der Waals surface area contributed by atoms with Gasteiger partial charge in [-0.05, 0) is 31.2 Å². The number of fused-ring (bicyclic) bond motifs is 2. The molecule has 1 aliphatic heterocycles. The van der Waals surface area contributed by atoms with Crippen LogP contribution in [0, 0.1) is 0 Å². The van der Waals surface area contributed by atoms with Crippen molar-refractivity contribution < 1.29 is 9.53 Å². The van der Waals surface area contributed by atoms with Crippen LogP contribution in [0.5, 0.6) is 0 Å². The highest BCUT2D eigenvalue weighted by molar-refractivity contribution is 5.98. The number of aromatic nitrogens is 4. The average molecular weight is 351 g/mol. The van der Waals surface area contributed by atoms with Crippen molar-refractivity contribution in [1.82, 2.24) is 24.6 Å². The van der Waals surface area contributed by atoms with Crippen LogP contribution < -0.4 is 0 Å². The number of ether oxygens (including phenoxy) is 1. The van der Waals surface area contributed by atoms with E-state index in [1.54, 1.807) is 13.3 Å². The number of pyridine rings is 1. The van der Waals surface area contributed by atoms with E-state index in [-0.39, 0.29) is 11.9 Å². The van der Waals surface area contributed by atoms with E-state index >= 15 is 0 Å². The summed E-state index contributed by atoms with van der Waals surface area (Å²) in [5.41, 5.74) is 1.58. The van der Waals surface area contributed by atoms with Crippen LogP contribution in [0.2, 0.25) is 0 Å². The molecular weight excluding hydrogens is 330 g/mol. The van der Waals surface area contributed by atoms with Gasteiger partial charge >= 0.3 is 0 Å². The number of nitrogens with zero attached hydrogens (tertiary/aromatic N) is 5. The predicted molar refractivity (Wildman–Crippen MR) is 96.7 cm³/mol. The third-order valence-corrected chi connectivity index (χ3v) is 4.86. The Balaban J connectivity index is 1.59. The van der Waals surface area contributed by atoms with Crippen LogP contribution in [0.4, 0.5) is 0 Å². The van der Waals surface area contributed by atoms with Gasteiger partial charge in [0.25, 0.3) is 5.91 Å². The summed E-state index contributed by atoms with van der Waals surface area (Å²) < 4.78 is 7.26. The predicted octanol–water partition coefficient (Wildman–Crippen LogP) is 2.06. The number of benzene rings is 1. The molecule has 1 aliphatic rings. The lowest BCUT2D eigenvalue weighted by molar-refractivity contribution is 0.0695. The molecule has 26 heavy (non-hydrogen) atoms. The topological polar surface area (TPSA) is 73.1 Å². The molecule has 4 rings (SSSR count). The molecule has 0 N–H and O–H groups in total. The van der Waals surface area contributed by atoms with Crippen molar-refractivity contribution in [1.29, 1.82) is 0 Å². The zero-order valence-electron chi connectivity index (χ0n) is 14.9. The average Bonchev–Trinajstić information content (AvgIpc) is 2.94. The minimum Gasteiger partial charge on any atom is -0.377 e. The number of carbonyl (C=O) groups is 1. The Kier molecular flexibility index (Phi) is 4.38. The first-order valence-corrected chi connectivity index (χ1v) is 8.73. The van der Waals surface area contributed by atoms with E-state index in [9.17, 15) is 4.79 Å². The van der Waals surface area contributed by atoms with Crippen molar-refractivity contribution in [3.05, 3.63) is 53.7 Å². The van der Waals surface area contributed by atoms with Gasteiger partial charge in [0.2, 0.25) is 0 Å². The molecule has 0 spiro atoms. The fourth-order valence-corrected chi connectivity index (χ4v) is 3.50. The molecule has 3 aromatic rings. The summed E-state index contributed by atoms with van der Waals surface area (Å²) in [4.78, 5) is 19.4. The Bertz CT molecular complexity index is 952. The van der Waals surface area contributed by atoms with Crippen LogP contribution in [0.3, 0.4) is 0 Å². The van der Waals surface area contributed by atoms with Crippen molar-refractivity contribution >= 4 is 16.8 Å². The molecule has 2 aromatic heterocycles. The van der Waals surface area contributed by atoms with Crippen molar-refractivity contribution in [2.45, 2.75) is 32.5 Å². The quantitative estimate of drug-likeness (QED) is 0.722. The third kappa shape index (κ3) is 2.94. The molecule has 1 unspecified atom stereocenters. The Labute approximate surface area is 151 Å². The fourth-order valence-electron chi connectivity index (χ4n) is 3.50. The molecule has 7 nitrogen and oxygen atoms in total. The molecule has 0 saturated heterocycles. The van der Waals surface area contributed by atoms with E-state index in [0.29, 0.717) is 31.7 Å². The van der Waals surface area contributed by atoms with Crippen molar-refractivity contribution in [3.8, 4) is 0 Å². The number of methoxy groups -OCH3 is 1. The van der Waals surface area contributed by atoms with Gasteiger partial charge in [0.15, 0.2) is 5.82 Å². The molecular formula is C19H21N5O2. The van der Waals surface area contributed by atoms with Crippen LogP contribution in [-0.4, -0.2) is 50.3 Å². The monoisotopic (exact) mass is 351 g/mol. The Hall–Kier alpha value is -2.80. The summed E-state index contributed by atoms with van der Waals surface area (Å²) in [6.45, 7) is 3.77. The Morgan fingerprint density at radius 3 is 3.00 bits per heavy atom. The van der Waals surface area contributed by atoms with Gasteiger partial charge in [0, 0.05) is 49.8 Å². The summed E-state index contributed by atoms with van der Waals surface area (Å²) in [5.74, 6) is 1.75. The summed E-state index contributed by atoms with van der Waals surface area (Å²) in [5, 5.41) is 9.46. The lowest BCUT2D eigenvalue weighted by Crippen LogP contribution is -2.40. The lowest BCUT2D eigenvalue weighted by Gasteiger charge is -2.27. The number of hydrogen-bond acceptors (Lipinski definition) is 5. The first-order chi connectivity index (χ1) is 12.7. The highest BCUT2D eigenvalue weighted by Gasteiger charge is 2.27. The third-order valence-electron chi connectivity index (χ3n) is 4.86. The van der Waals surface area contributed by atoms with Crippen molar-refractivity contribution in [2.24, 2.45) is 0 Å². The van der Waals surface area contributed by atoms with Crippen molar-refractivity contribution in [2.75, 3.05) is 13.7 Å². The number of amides is 1. The maximum Gasteiger partial charge on any atom is 0.254 e. The maximum atomic E-state index is 13.1. The molecule has 1 amide bonds. The van der Waals surface area contributed by atoms with Gasteiger partial charge in [-0.2, -0.15) is 0 Å². The van der Waals surface area contributed by atoms with Crippen LogP contribution in [0.15, 0.2) is 36.5 Å². The largest absolute Gasteiger partial charge is 0.377 e. The highest BCUT2D eigenvalue weighted by Crippen LogP contribution is 2.20. The first kappa shape index (κ1) is 16.7. The summed E-state index contributed by atoms with van der Waals surface area (Å²) in [6.07, 6.45) is 2.44. The molecule has 0 aliphatic carbocycles. The van der Waals surface area contributed by atoms with Crippen LogP contribution in [0.1, 0.15) is 28.9 Å². The van der Waals surface area contributed by atoms with Crippen LogP contribution in [0.25, 0.3) is 10.9 Å². The molecule has 3 heterocycles. The Morgan fingerprint density at radius 1 is 1.27 bits per heavy atom. The molecule has 0 radical (unpaired) electrons. The number of rotatable bonds is 3. The molecule has 7 heteroatoms. The van der Waals surface area contributed by atoms with Gasteiger partial charge in [-0.1, -0.05) is 6.07 Å². The molecule has 0 bridgehead atoms. The standard InChI is InChI=1S/C19H21N5O2/c1-13-10-17-21-22-18(12-26-2)24(17)9-8-23(13)19(25)15-5-6-16-14(11-15)4-3-7-20-16/h3-7,11,13H,8-10,12H2,1-2H3. The second-order valence-corrected chi connectivity index (χ2v) is 6.58. The van der Waals surface area contributed by atoms with Crippen LogP contribution >= 0.6 is 0 Å². The molecule has 0 saturated carbocycles. The summed E-state index contributed by atoms with van der Waals surface area (Å²) in [7, 11) is 1.64. The second-order valence-electron chi connectivity index (χ2n) is 6.58. The molecule has 1 atom stereocenters. The highest BCUT2D eigenvalue weighted by atomic mass is 16.5. The second kappa shape index (κ2) is 6.84.